The first-order valence-electron chi connectivity index (χ1n) is 9.52. The summed E-state index contributed by atoms with van der Waals surface area (Å²) >= 11 is 11.2. The molecular formula is C22H24Cl2F3NO2. The van der Waals surface area contributed by atoms with Crippen LogP contribution in [0.25, 0.3) is 0 Å². The lowest BCUT2D eigenvalue weighted by molar-refractivity contribution is -0.137. The highest BCUT2D eigenvalue weighted by atomic mass is 35.5. The molecule has 0 saturated carbocycles. The van der Waals surface area contributed by atoms with Crippen LogP contribution in [0.4, 0.5) is 18.9 Å². The molecule has 2 rings (SSSR count). The van der Waals surface area contributed by atoms with Crippen LogP contribution in [0, 0.1) is 6.92 Å². The molecule has 8 heteroatoms. The van der Waals surface area contributed by atoms with E-state index in [1.54, 1.807) is 6.08 Å². The van der Waals surface area contributed by atoms with Gasteiger partial charge in [-0.05, 0) is 73.4 Å². The van der Waals surface area contributed by atoms with E-state index in [1.807, 2.05) is 26.0 Å². The van der Waals surface area contributed by atoms with E-state index < -0.39 is 11.7 Å². The molecule has 0 aliphatic rings. The van der Waals surface area contributed by atoms with E-state index >= 15 is 0 Å². The highest BCUT2D eigenvalue weighted by molar-refractivity contribution is 6.55. The maximum Gasteiger partial charge on any atom is 0.416 e. The lowest BCUT2D eigenvalue weighted by atomic mass is 10.1. The minimum atomic E-state index is -4.32. The van der Waals surface area contributed by atoms with Gasteiger partial charge in [-0.25, -0.2) is 0 Å². The van der Waals surface area contributed by atoms with Crippen molar-refractivity contribution in [3.63, 3.8) is 0 Å². The molecule has 0 spiro atoms. The van der Waals surface area contributed by atoms with Gasteiger partial charge in [0.2, 0.25) is 0 Å². The van der Waals surface area contributed by atoms with Gasteiger partial charge in [-0.2, -0.15) is 13.2 Å². The van der Waals surface area contributed by atoms with Crippen LogP contribution >= 0.6 is 23.2 Å². The van der Waals surface area contributed by atoms with Crippen LogP contribution in [0.5, 0.6) is 11.5 Å². The first kappa shape index (κ1) is 24.2. The number of nitrogens with one attached hydrogen (secondary N) is 1. The zero-order valence-corrected chi connectivity index (χ0v) is 18.3. The van der Waals surface area contributed by atoms with Gasteiger partial charge in [0, 0.05) is 12.2 Å². The molecular weight excluding hydrogens is 438 g/mol. The lowest BCUT2D eigenvalue weighted by Gasteiger charge is -2.16. The first-order valence-corrected chi connectivity index (χ1v) is 10.3. The molecule has 1 N–H and O–H groups in total. The van der Waals surface area contributed by atoms with Crippen LogP contribution in [0.1, 0.15) is 30.0 Å². The van der Waals surface area contributed by atoms with Crippen molar-refractivity contribution in [3.05, 3.63) is 63.7 Å². The molecule has 0 fully saturated rings. The molecule has 0 atom stereocenters. The average Bonchev–Trinajstić information content (AvgIpc) is 2.68. The average molecular weight is 462 g/mol. The summed E-state index contributed by atoms with van der Waals surface area (Å²) < 4.78 is 49.5. The van der Waals surface area contributed by atoms with Crippen LogP contribution < -0.4 is 14.8 Å². The van der Waals surface area contributed by atoms with Crippen molar-refractivity contribution < 1.29 is 22.6 Å². The number of anilines is 1. The molecule has 0 unspecified atom stereocenters. The van der Waals surface area contributed by atoms with Crippen LogP contribution in [0.3, 0.4) is 0 Å². The molecule has 2 aromatic rings. The van der Waals surface area contributed by atoms with Crippen LogP contribution in [0.15, 0.2) is 47.0 Å². The van der Waals surface area contributed by atoms with Gasteiger partial charge in [-0.1, -0.05) is 30.1 Å². The SMILES string of the molecule is CCc1cc(OCC=C(Cl)Cl)cc(C)c1OCCCNc1ccc(C(F)(F)F)cc1. The summed E-state index contributed by atoms with van der Waals surface area (Å²) in [6.07, 6.45) is -1.28. The number of halogens is 5. The van der Waals surface area contributed by atoms with Gasteiger partial charge in [-0.3, -0.25) is 0 Å². The fourth-order valence-corrected chi connectivity index (χ4v) is 2.95. The Morgan fingerprint density at radius 3 is 2.40 bits per heavy atom. The highest BCUT2D eigenvalue weighted by Gasteiger charge is 2.29. The van der Waals surface area contributed by atoms with Gasteiger partial charge in [0.25, 0.3) is 0 Å². The van der Waals surface area contributed by atoms with Gasteiger partial charge in [-0.15, -0.1) is 0 Å². The summed E-state index contributed by atoms with van der Waals surface area (Å²) in [6, 6.07) is 8.80. The Kier molecular flexibility index (Phi) is 9.18. The van der Waals surface area contributed by atoms with Gasteiger partial charge >= 0.3 is 6.18 Å². The number of rotatable bonds is 10. The quantitative estimate of drug-likeness (QED) is 0.380. The molecule has 0 aliphatic heterocycles. The van der Waals surface area contributed by atoms with Crippen molar-refractivity contribution in [2.45, 2.75) is 32.9 Å². The van der Waals surface area contributed by atoms with Gasteiger partial charge < -0.3 is 14.8 Å². The van der Waals surface area contributed by atoms with E-state index in [9.17, 15) is 13.2 Å². The van der Waals surface area contributed by atoms with Crippen molar-refractivity contribution in [2.24, 2.45) is 0 Å². The highest BCUT2D eigenvalue weighted by Crippen LogP contribution is 2.31. The van der Waals surface area contributed by atoms with Crippen molar-refractivity contribution in [1.29, 1.82) is 0 Å². The molecule has 2 aromatic carbocycles. The summed E-state index contributed by atoms with van der Waals surface area (Å²) in [4.78, 5) is 0. The number of benzene rings is 2. The van der Waals surface area contributed by atoms with Gasteiger partial charge in [0.05, 0.1) is 12.2 Å². The monoisotopic (exact) mass is 461 g/mol. The third-order valence-electron chi connectivity index (χ3n) is 4.30. The summed E-state index contributed by atoms with van der Waals surface area (Å²) in [5, 5.41) is 3.10. The van der Waals surface area contributed by atoms with E-state index in [-0.39, 0.29) is 11.1 Å². The Bertz CT molecular complexity index is 849. The Morgan fingerprint density at radius 2 is 1.80 bits per heavy atom. The normalized spacial score (nSPS) is 11.2. The van der Waals surface area contributed by atoms with Gasteiger partial charge in [0.15, 0.2) is 0 Å². The number of hydrogen-bond donors (Lipinski definition) is 1. The minimum Gasteiger partial charge on any atom is -0.493 e. The van der Waals surface area contributed by atoms with E-state index in [2.05, 4.69) is 5.32 Å². The number of alkyl halides is 3. The lowest BCUT2D eigenvalue weighted by Crippen LogP contribution is -2.09. The standard InChI is InChI=1S/C22H24Cl2F3NO2/c1-3-16-14-19(29-12-9-20(23)24)13-15(2)21(16)30-11-4-10-28-18-7-5-17(6-8-18)22(25,26)27/h5-9,13-14,28H,3-4,10-12H2,1-2H3. The molecule has 0 radical (unpaired) electrons. The summed E-state index contributed by atoms with van der Waals surface area (Å²) in [7, 11) is 0. The van der Waals surface area contributed by atoms with Crippen molar-refractivity contribution >= 4 is 28.9 Å². The zero-order valence-electron chi connectivity index (χ0n) is 16.8. The van der Waals surface area contributed by atoms with Crippen molar-refractivity contribution in [1.82, 2.24) is 0 Å². The number of ether oxygens (including phenoxy) is 2. The fourth-order valence-electron chi connectivity index (χ4n) is 2.82. The first-order chi connectivity index (χ1) is 14.2. The molecule has 0 amide bonds. The second-order valence-electron chi connectivity index (χ2n) is 6.59. The molecule has 30 heavy (non-hydrogen) atoms. The predicted molar refractivity (Wildman–Crippen MR) is 116 cm³/mol. The third-order valence-corrected chi connectivity index (χ3v) is 4.61. The molecule has 164 valence electrons. The second kappa shape index (κ2) is 11.4. The summed E-state index contributed by atoms with van der Waals surface area (Å²) in [5.41, 5.74) is 1.97. The smallest absolute Gasteiger partial charge is 0.416 e. The molecule has 0 aromatic heterocycles. The van der Waals surface area contributed by atoms with Gasteiger partial charge in [0.1, 0.15) is 22.6 Å². The molecule has 0 heterocycles. The van der Waals surface area contributed by atoms with E-state index in [1.165, 1.54) is 12.1 Å². The van der Waals surface area contributed by atoms with Crippen molar-refractivity contribution in [3.8, 4) is 11.5 Å². The number of hydrogen-bond acceptors (Lipinski definition) is 3. The van der Waals surface area contributed by atoms with Crippen LogP contribution in [-0.4, -0.2) is 19.8 Å². The van der Waals surface area contributed by atoms with E-state index in [0.29, 0.717) is 31.0 Å². The largest absolute Gasteiger partial charge is 0.493 e. The third kappa shape index (κ3) is 7.65. The summed E-state index contributed by atoms with van der Waals surface area (Å²) in [6.45, 7) is 5.32. The Balaban J connectivity index is 1.84. The Morgan fingerprint density at radius 1 is 1.10 bits per heavy atom. The minimum absolute atomic E-state index is 0.160. The summed E-state index contributed by atoms with van der Waals surface area (Å²) in [5.74, 6) is 1.54. The van der Waals surface area contributed by atoms with E-state index in [0.717, 1.165) is 35.4 Å². The molecule has 0 saturated heterocycles. The molecule has 3 nitrogen and oxygen atoms in total. The molecule has 0 aliphatic carbocycles. The Hall–Kier alpha value is -2.05. The van der Waals surface area contributed by atoms with E-state index in [4.69, 9.17) is 32.7 Å². The zero-order chi connectivity index (χ0) is 22.1. The number of aryl methyl sites for hydroxylation is 2. The Labute approximate surface area is 184 Å². The molecule has 0 bridgehead atoms. The van der Waals surface area contributed by atoms with Crippen LogP contribution in [-0.2, 0) is 12.6 Å². The van der Waals surface area contributed by atoms with Crippen LogP contribution in [0.2, 0.25) is 0 Å². The topological polar surface area (TPSA) is 30.5 Å². The maximum absolute atomic E-state index is 12.6. The fraction of sp³-hybridized carbons (Fsp3) is 0.364. The second-order valence-corrected chi connectivity index (χ2v) is 7.60. The predicted octanol–water partition coefficient (Wildman–Crippen LogP) is 7.16. The van der Waals surface area contributed by atoms with Crippen molar-refractivity contribution in [2.75, 3.05) is 25.1 Å². The maximum atomic E-state index is 12.6.